The fourth-order valence-electron chi connectivity index (χ4n) is 4.88. The van der Waals surface area contributed by atoms with Crippen LogP contribution in [0, 0.1) is 0 Å². The number of halogens is 1. The van der Waals surface area contributed by atoms with Gasteiger partial charge in [0.05, 0.1) is 10.6 Å². The molecule has 2 aliphatic heterocycles. The van der Waals surface area contributed by atoms with Gasteiger partial charge >= 0.3 is 0 Å². The zero-order valence-corrected chi connectivity index (χ0v) is 22.0. The minimum absolute atomic E-state index is 0.128. The number of piperazine rings is 1. The number of hydrogen-bond donors (Lipinski definition) is 0. The van der Waals surface area contributed by atoms with Crippen molar-refractivity contribution in [2.75, 3.05) is 44.2 Å². The highest BCUT2D eigenvalue weighted by Gasteiger charge is 2.29. The smallest absolute Gasteiger partial charge is 0.253 e. The Labute approximate surface area is 224 Å². The van der Waals surface area contributed by atoms with E-state index in [1.54, 1.807) is 33.8 Å². The zero-order chi connectivity index (χ0) is 26.3. The van der Waals surface area contributed by atoms with Crippen molar-refractivity contribution in [1.29, 1.82) is 0 Å². The molecule has 2 aromatic heterocycles. The molecular weight excluding hydrogens is 528 g/mol. The van der Waals surface area contributed by atoms with Crippen molar-refractivity contribution < 1.29 is 13.2 Å². The summed E-state index contributed by atoms with van der Waals surface area (Å²) in [5.74, 6) is 0.537. The van der Waals surface area contributed by atoms with E-state index in [1.165, 1.54) is 22.8 Å². The van der Waals surface area contributed by atoms with Crippen molar-refractivity contribution >= 4 is 44.5 Å². The summed E-state index contributed by atoms with van der Waals surface area (Å²) in [4.78, 5) is 26.0. The van der Waals surface area contributed by atoms with Crippen LogP contribution in [0.5, 0.6) is 0 Å². The number of nitrogens with zero attached hydrogens (tertiary/aromatic N) is 8. The highest BCUT2D eigenvalue weighted by Crippen LogP contribution is 2.25. The minimum Gasteiger partial charge on any atom is -0.351 e. The Hall–Kier alpha value is -3.61. The van der Waals surface area contributed by atoms with Crippen molar-refractivity contribution in [3.63, 3.8) is 0 Å². The average Bonchev–Trinajstić information content (AvgIpc) is 3.65. The summed E-state index contributed by atoms with van der Waals surface area (Å²) in [5.41, 5.74) is 2.42. The molecule has 0 spiro atoms. The number of carbonyl (C=O) groups is 1. The minimum atomic E-state index is -3.51. The molecule has 2 aromatic carbocycles. The highest BCUT2D eigenvalue weighted by molar-refractivity contribution is 7.89. The average molecular weight is 553 g/mol. The molecule has 1 amide bonds. The number of anilines is 1. The number of sulfonamides is 1. The molecule has 0 bridgehead atoms. The van der Waals surface area contributed by atoms with E-state index in [0.717, 1.165) is 18.5 Å². The van der Waals surface area contributed by atoms with Crippen molar-refractivity contribution in [2.45, 2.75) is 17.7 Å². The largest absolute Gasteiger partial charge is 0.351 e. The molecule has 0 unspecified atom stereocenters. The van der Waals surface area contributed by atoms with Crippen LogP contribution in [0.2, 0.25) is 5.02 Å². The maximum Gasteiger partial charge on any atom is 0.253 e. The maximum absolute atomic E-state index is 13.1. The Morgan fingerprint density at radius 2 is 1.53 bits per heavy atom. The van der Waals surface area contributed by atoms with E-state index < -0.39 is 10.0 Å². The van der Waals surface area contributed by atoms with Gasteiger partial charge in [-0.2, -0.15) is 8.99 Å². The van der Waals surface area contributed by atoms with Gasteiger partial charge in [0.1, 0.15) is 6.33 Å². The first kappa shape index (κ1) is 24.7. The Morgan fingerprint density at radius 3 is 2.21 bits per heavy atom. The van der Waals surface area contributed by atoms with Gasteiger partial charge in [0.15, 0.2) is 17.0 Å². The molecule has 0 radical (unpaired) electrons. The van der Waals surface area contributed by atoms with E-state index in [0.29, 0.717) is 66.8 Å². The zero-order valence-electron chi connectivity index (χ0n) is 20.4. The van der Waals surface area contributed by atoms with Gasteiger partial charge in [0.2, 0.25) is 10.0 Å². The lowest BCUT2D eigenvalue weighted by atomic mass is 10.2. The molecule has 6 rings (SSSR count). The van der Waals surface area contributed by atoms with Crippen LogP contribution in [-0.2, 0) is 10.0 Å². The maximum atomic E-state index is 13.1. The number of hydrogen-bond acceptors (Lipinski definition) is 8. The summed E-state index contributed by atoms with van der Waals surface area (Å²) in [6.45, 7) is 3.19. The third kappa shape index (κ3) is 4.48. The number of aromatic nitrogens is 5. The topological polar surface area (TPSA) is 117 Å². The van der Waals surface area contributed by atoms with Gasteiger partial charge in [-0.05, 0) is 61.4 Å². The fraction of sp³-hybridized carbons (Fsp3) is 0.320. The molecule has 0 aliphatic carbocycles. The van der Waals surface area contributed by atoms with Crippen LogP contribution in [0.25, 0.3) is 16.9 Å². The van der Waals surface area contributed by atoms with E-state index in [4.69, 9.17) is 11.6 Å². The van der Waals surface area contributed by atoms with Gasteiger partial charge in [-0.3, -0.25) is 4.79 Å². The van der Waals surface area contributed by atoms with Gasteiger partial charge in [0.25, 0.3) is 5.91 Å². The standard InChI is InChI=1S/C25H25ClN8O3S/c26-19-5-7-20(8-6-19)34-24-22(29-30-34)23(27-17-28-24)31-13-15-32(16-14-31)25(35)18-3-9-21(10-4-18)38(36,37)33-11-1-2-12-33/h3-10,17H,1-2,11-16H2. The van der Waals surface area contributed by atoms with Crippen LogP contribution < -0.4 is 4.90 Å². The van der Waals surface area contributed by atoms with Crippen LogP contribution in [0.3, 0.4) is 0 Å². The number of amides is 1. The number of fused-ring (bicyclic) bond motifs is 1. The normalized spacial score (nSPS) is 16.9. The summed E-state index contributed by atoms with van der Waals surface area (Å²) in [6.07, 6.45) is 3.24. The van der Waals surface area contributed by atoms with Gasteiger partial charge < -0.3 is 9.80 Å². The summed E-state index contributed by atoms with van der Waals surface area (Å²) in [5, 5.41) is 9.23. The SMILES string of the molecule is O=C(c1ccc(S(=O)(=O)N2CCCC2)cc1)N1CCN(c2ncnc3c2nnn3-c2ccc(Cl)cc2)CC1. The van der Waals surface area contributed by atoms with E-state index in [-0.39, 0.29) is 10.8 Å². The molecule has 11 nitrogen and oxygen atoms in total. The van der Waals surface area contributed by atoms with Crippen LogP contribution in [0.1, 0.15) is 23.2 Å². The molecule has 196 valence electrons. The van der Waals surface area contributed by atoms with Gasteiger partial charge in [-0.15, -0.1) is 5.10 Å². The highest BCUT2D eigenvalue weighted by atomic mass is 35.5. The Balaban J connectivity index is 1.15. The Bertz CT molecular complexity index is 1580. The second-order valence-corrected chi connectivity index (χ2v) is 11.6. The third-order valence-electron chi connectivity index (χ3n) is 6.96. The number of benzene rings is 2. The lowest BCUT2D eigenvalue weighted by molar-refractivity contribution is 0.0746. The first-order chi connectivity index (χ1) is 18.4. The van der Waals surface area contributed by atoms with E-state index in [1.807, 2.05) is 12.1 Å². The molecule has 0 atom stereocenters. The van der Waals surface area contributed by atoms with Crippen LogP contribution in [0.15, 0.2) is 59.8 Å². The number of carbonyl (C=O) groups excluding carboxylic acids is 1. The molecule has 2 aliphatic rings. The predicted octanol–water partition coefficient (Wildman–Crippen LogP) is 2.61. The van der Waals surface area contributed by atoms with Gasteiger partial charge in [-0.25, -0.2) is 18.4 Å². The summed E-state index contributed by atoms with van der Waals surface area (Å²) in [7, 11) is -3.51. The first-order valence-electron chi connectivity index (χ1n) is 12.4. The lowest BCUT2D eigenvalue weighted by Gasteiger charge is -2.35. The molecule has 13 heteroatoms. The fourth-order valence-corrected chi connectivity index (χ4v) is 6.52. The molecule has 4 heterocycles. The molecular formula is C25H25ClN8O3S. The van der Waals surface area contributed by atoms with Crippen LogP contribution in [0.4, 0.5) is 5.82 Å². The quantitative estimate of drug-likeness (QED) is 0.371. The third-order valence-corrected chi connectivity index (χ3v) is 9.12. The Kier molecular flexibility index (Phi) is 6.46. The van der Waals surface area contributed by atoms with Gasteiger partial charge in [0, 0.05) is 49.9 Å². The van der Waals surface area contributed by atoms with Crippen molar-refractivity contribution in [3.8, 4) is 5.69 Å². The summed E-state index contributed by atoms with van der Waals surface area (Å²) >= 11 is 6.01. The lowest BCUT2D eigenvalue weighted by Crippen LogP contribution is -2.49. The van der Waals surface area contributed by atoms with Crippen LogP contribution in [-0.4, -0.2) is 87.8 Å². The van der Waals surface area contributed by atoms with Gasteiger partial charge in [-0.1, -0.05) is 16.8 Å². The molecule has 38 heavy (non-hydrogen) atoms. The van der Waals surface area contributed by atoms with E-state index >= 15 is 0 Å². The second-order valence-electron chi connectivity index (χ2n) is 9.26. The predicted molar refractivity (Wildman–Crippen MR) is 142 cm³/mol. The first-order valence-corrected chi connectivity index (χ1v) is 14.2. The Morgan fingerprint density at radius 1 is 0.842 bits per heavy atom. The van der Waals surface area contributed by atoms with Crippen molar-refractivity contribution in [3.05, 3.63) is 65.4 Å². The van der Waals surface area contributed by atoms with E-state index in [2.05, 4.69) is 25.2 Å². The summed E-state index contributed by atoms with van der Waals surface area (Å²) < 4.78 is 28.7. The molecule has 2 saturated heterocycles. The summed E-state index contributed by atoms with van der Waals surface area (Å²) in [6, 6.07) is 13.5. The van der Waals surface area contributed by atoms with Crippen molar-refractivity contribution in [1.82, 2.24) is 34.2 Å². The van der Waals surface area contributed by atoms with E-state index in [9.17, 15) is 13.2 Å². The molecule has 2 fully saturated rings. The number of rotatable bonds is 5. The monoisotopic (exact) mass is 552 g/mol. The molecule has 4 aromatic rings. The molecule has 0 saturated carbocycles. The second kappa shape index (κ2) is 9.93. The molecule has 0 N–H and O–H groups in total. The van der Waals surface area contributed by atoms with Crippen molar-refractivity contribution in [2.24, 2.45) is 0 Å². The van der Waals surface area contributed by atoms with Crippen LogP contribution >= 0.6 is 11.6 Å².